The minimum Gasteiger partial charge on any atom is -0.289 e. The van der Waals surface area contributed by atoms with Crippen LogP contribution in [-0.2, 0) is 0 Å². The van der Waals surface area contributed by atoms with Gasteiger partial charge in [-0.05, 0) is 24.6 Å². The molecule has 3 nitrogen and oxygen atoms in total. The average Bonchev–Trinajstić information content (AvgIpc) is 2.44. The molecule has 0 aliphatic carbocycles. The molecule has 0 bridgehead atoms. The molecule has 0 amide bonds. The van der Waals surface area contributed by atoms with Crippen LogP contribution in [-0.4, -0.2) is 9.97 Å². The largest absolute Gasteiger partial charge is 0.289 e. The van der Waals surface area contributed by atoms with Crippen molar-refractivity contribution >= 4 is 0 Å². The number of nitrogens with zero attached hydrogens (tertiary/aromatic N) is 2. The van der Waals surface area contributed by atoms with Crippen LogP contribution >= 0.6 is 0 Å². The second-order valence-electron chi connectivity index (χ2n) is 3.24. The van der Waals surface area contributed by atoms with E-state index in [1.165, 1.54) is 6.33 Å². The molecule has 74 valence electrons. The first-order chi connectivity index (χ1) is 7.29. The van der Waals surface area contributed by atoms with E-state index in [1.54, 1.807) is 31.3 Å². The van der Waals surface area contributed by atoms with Gasteiger partial charge < -0.3 is 0 Å². The van der Waals surface area contributed by atoms with Crippen molar-refractivity contribution in [1.29, 1.82) is 0 Å². The van der Waals surface area contributed by atoms with Gasteiger partial charge in [0.05, 0.1) is 5.69 Å². The molecule has 0 radical (unpaired) electrons. The van der Waals surface area contributed by atoms with Crippen LogP contribution in [0, 0.1) is 6.92 Å². The highest BCUT2D eigenvalue weighted by Gasteiger charge is 2.03. The van der Waals surface area contributed by atoms with Crippen LogP contribution in [0.2, 0.25) is 0 Å². The average molecular weight is 198 g/mol. The SMILES string of the molecule is Cc1ccccc(-c2ccncn2)c1=O. The van der Waals surface area contributed by atoms with Crippen LogP contribution in [0.1, 0.15) is 5.56 Å². The summed E-state index contributed by atoms with van der Waals surface area (Å²) in [4.78, 5) is 19.8. The molecule has 0 atom stereocenters. The molecule has 0 unspecified atom stereocenters. The topological polar surface area (TPSA) is 42.9 Å². The summed E-state index contributed by atoms with van der Waals surface area (Å²) in [5.74, 6) is 0. The Labute approximate surface area is 87.5 Å². The van der Waals surface area contributed by atoms with E-state index >= 15 is 0 Å². The quantitative estimate of drug-likeness (QED) is 0.701. The third kappa shape index (κ3) is 1.91. The maximum Gasteiger partial charge on any atom is 0.190 e. The highest BCUT2D eigenvalue weighted by molar-refractivity contribution is 5.58. The lowest BCUT2D eigenvalue weighted by molar-refractivity contribution is 1.17. The number of aromatic nitrogens is 2. The van der Waals surface area contributed by atoms with E-state index < -0.39 is 0 Å². The number of hydrogen-bond acceptors (Lipinski definition) is 3. The zero-order valence-corrected chi connectivity index (χ0v) is 8.34. The Morgan fingerprint density at radius 2 is 1.93 bits per heavy atom. The number of aryl methyl sites for hydroxylation is 1. The van der Waals surface area contributed by atoms with Crippen molar-refractivity contribution in [3.8, 4) is 11.3 Å². The van der Waals surface area contributed by atoms with Crippen molar-refractivity contribution in [3.05, 3.63) is 58.6 Å². The summed E-state index contributed by atoms with van der Waals surface area (Å²) in [5.41, 5.74) is 2.00. The van der Waals surface area contributed by atoms with Crippen LogP contribution in [0.25, 0.3) is 11.3 Å². The Morgan fingerprint density at radius 3 is 2.67 bits per heavy atom. The minimum atomic E-state index is 0.0127. The first-order valence-corrected chi connectivity index (χ1v) is 4.65. The van der Waals surface area contributed by atoms with E-state index in [9.17, 15) is 4.79 Å². The molecule has 2 rings (SSSR count). The van der Waals surface area contributed by atoms with Crippen LogP contribution in [0.15, 0.2) is 47.7 Å². The first-order valence-electron chi connectivity index (χ1n) is 4.65. The smallest absolute Gasteiger partial charge is 0.190 e. The zero-order valence-electron chi connectivity index (χ0n) is 8.34. The normalized spacial score (nSPS) is 9.93. The second-order valence-corrected chi connectivity index (χ2v) is 3.24. The van der Waals surface area contributed by atoms with Gasteiger partial charge in [-0.25, -0.2) is 9.97 Å². The third-order valence-electron chi connectivity index (χ3n) is 2.18. The van der Waals surface area contributed by atoms with E-state index in [-0.39, 0.29) is 5.43 Å². The molecule has 0 N–H and O–H groups in total. The molecule has 0 saturated heterocycles. The predicted octanol–water partition coefficient (Wildman–Crippen LogP) is 1.81. The van der Waals surface area contributed by atoms with Crippen LogP contribution in [0.4, 0.5) is 0 Å². The predicted molar refractivity (Wildman–Crippen MR) is 58.5 cm³/mol. The maximum atomic E-state index is 11.9. The molecule has 0 aliphatic heterocycles. The first kappa shape index (κ1) is 9.52. The molecule has 0 fully saturated rings. The maximum absolute atomic E-state index is 11.9. The summed E-state index contributed by atoms with van der Waals surface area (Å²) in [7, 11) is 0. The van der Waals surface area contributed by atoms with Gasteiger partial charge in [0.1, 0.15) is 6.33 Å². The fourth-order valence-electron chi connectivity index (χ4n) is 1.37. The molecule has 0 spiro atoms. The van der Waals surface area contributed by atoms with Crippen LogP contribution in [0.5, 0.6) is 0 Å². The summed E-state index contributed by atoms with van der Waals surface area (Å²) >= 11 is 0. The lowest BCUT2D eigenvalue weighted by Crippen LogP contribution is -2.05. The molecule has 0 aliphatic rings. The summed E-state index contributed by atoms with van der Waals surface area (Å²) in [6.45, 7) is 1.80. The molecule has 1 aromatic carbocycles. The summed E-state index contributed by atoms with van der Waals surface area (Å²) in [6.07, 6.45) is 3.07. The Bertz CT molecular complexity index is 523. The Morgan fingerprint density at radius 1 is 1.13 bits per heavy atom. The molecular formula is C12H10N2O. The molecule has 1 heterocycles. The lowest BCUT2D eigenvalue weighted by atomic mass is 10.1. The van der Waals surface area contributed by atoms with Crippen molar-refractivity contribution in [2.75, 3.05) is 0 Å². The van der Waals surface area contributed by atoms with Crippen molar-refractivity contribution in [2.45, 2.75) is 6.92 Å². The second kappa shape index (κ2) is 4.00. The summed E-state index contributed by atoms with van der Waals surface area (Å²) in [6, 6.07) is 8.99. The van der Waals surface area contributed by atoms with Crippen molar-refractivity contribution in [3.63, 3.8) is 0 Å². The highest BCUT2D eigenvalue weighted by atomic mass is 16.1. The van der Waals surface area contributed by atoms with Crippen LogP contribution < -0.4 is 5.43 Å². The molecule has 1 aromatic heterocycles. The Hall–Kier alpha value is -2.03. The van der Waals surface area contributed by atoms with Gasteiger partial charge in [0.2, 0.25) is 0 Å². The number of hydrogen-bond donors (Lipinski definition) is 0. The summed E-state index contributed by atoms with van der Waals surface area (Å²) in [5, 5.41) is 0. The van der Waals surface area contributed by atoms with Crippen molar-refractivity contribution < 1.29 is 0 Å². The van der Waals surface area contributed by atoms with Gasteiger partial charge in [0, 0.05) is 11.8 Å². The van der Waals surface area contributed by atoms with Crippen LogP contribution in [0.3, 0.4) is 0 Å². The van der Waals surface area contributed by atoms with Gasteiger partial charge in [-0.1, -0.05) is 18.2 Å². The van der Waals surface area contributed by atoms with Gasteiger partial charge in [-0.3, -0.25) is 4.79 Å². The number of rotatable bonds is 1. The third-order valence-corrected chi connectivity index (χ3v) is 2.18. The molecular weight excluding hydrogens is 188 g/mol. The van der Waals surface area contributed by atoms with Gasteiger partial charge >= 0.3 is 0 Å². The fraction of sp³-hybridized carbons (Fsp3) is 0.0833. The molecule has 2 aromatic rings. The monoisotopic (exact) mass is 198 g/mol. The van der Waals surface area contributed by atoms with Crippen molar-refractivity contribution in [2.24, 2.45) is 0 Å². The lowest BCUT2D eigenvalue weighted by Gasteiger charge is -1.95. The summed E-state index contributed by atoms with van der Waals surface area (Å²) < 4.78 is 0. The van der Waals surface area contributed by atoms with E-state index in [4.69, 9.17) is 0 Å². The van der Waals surface area contributed by atoms with E-state index in [2.05, 4.69) is 9.97 Å². The van der Waals surface area contributed by atoms with Crippen molar-refractivity contribution in [1.82, 2.24) is 9.97 Å². The standard InChI is InChI=1S/C12H10N2O/c1-9-4-2-3-5-10(12(9)15)11-6-7-13-8-14-11/h2-8H,1H3. The van der Waals surface area contributed by atoms with E-state index in [0.29, 0.717) is 16.8 Å². The fourth-order valence-corrected chi connectivity index (χ4v) is 1.37. The van der Waals surface area contributed by atoms with Gasteiger partial charge in [0.15, 0.2) is 5.43 Å². The van der Waals surface area contributed by atoms with Gasteiger partial charge in [-0.2, -0.15) is 0 Å². The Kier molecular flexibility index (Phi) is 2.54. The molecule has 15 heavy (non-hydrogen) atoms. The zero-order chi connectivity index (χ0) is 10.7. The van der Waals surface area contributed by atoms with Gasteiger partial charge in [-0.15, -0.1) is 0 Å². The van der Waals surface area contributed by atoms with E-state index in [1.807, 2.05) is 12.1 Å². The Balaban J connectivity index is 2.71. The van der Waals surface area contributed by atoms with E-state index in [0.717, 1.165) is 0 Å². The minimum absolute atomic E-state index is 0.0127. The van der Waals surface area contributed by atoms with Gasteiger partial charge in [0.25, 0.3) is 0 Å². The molecule has 3 heteroatoms. The molecule has 0 saturated carbocycles. The highest BCUT2D eigenvalue weighted by Crippen LogP contribution is 2.09.